The van der Waals surface area contributed by atoms with Gasteiger partial charge in [-0.15, -0.1) is 0 Å². The third-order valence-corrected chi connectivity index (χ3v) is 3.56. The van der Waals surface area contributed by atoms with Crippen LogP contribution in [0.1, 0.15) is 29.9 Å². The minimum Gasteiger partial charge on any atom is -0.491 e. The van der Waals surface area contributed by atoms with Crippen LogP contribution in [-0.4, -0.2) is 22.2 Å². The molecule has 3 rings (SSSR count). The number of hydrogen-bond donors (Lipinski definition) is 1. The molecule has 1 heterocycles. The highest BCUT2D eigenvalue weighted by Crippen LogP contribution is 2.27. The summed E-state index contributed by atoms with van der Waals surface area (Å²) in [6.07, 6.45) is 0.0532. The maximum absolute atomic E-state index is 11.5. The van der Waals surface area contributed by atoms with Crippen molar-refractivity contribution in [2.24, 2.45) is 0 Å². The number of rotatable bonds is 6. The molecule has 0 radical (unpaired) electrons. The molecule has 1 N–H and O–H groups in total. The van der Waals surface area contributed by atoms with Gasteiger partial charge in [-0.05, 0) is 43.7 Å². The number of carboxylic acids is 1. The second-order valence-electron chi connectivity index (χ2n) is 5.94. The summed E-state index contributed by atoms with van der Waals surface area (Å²) in [5, 5.41) is 10.2. The number of benzene rings is 2. The Bertz CT molecular complexity index is 891. The van der Waals surface area contributed by atoms with Gasteiger partial charge in [0.1, 0.15) is 12.4 Å². The van der Waals surface area contributed by atoms with Crippen molar-refractivity contribution < 1.29 is 19.4 Å². The second kappa shape index (κ2) is 7.21. The quantitative estimate of drug-likeness (QED) is 0.726. The van der Waals surface area contributed by atoms with E-state index in [0.29, 0.717) is 11.3 Å². The number of aromatic nitrogens is 1. The molecule has 0 saturated heterocycles. The fraction of sp³-hybridized carbons (Fsp3) is 0.200. The standard InChI is InChI=1S/C20H19NO4/c1-13(2)25-16-8-9-17-15(10-16)11-18(19(21-17)20(22)23)24-12-14-6-4-3-5-7-14/h3-11,13H,12H2,1-2H3,(H,22,23). The summed E-state index contributed by atoms with van der Waals surface area (Å²) in [6.45, 7) is 4.17. The van der Waals surface area contributed by atoms with Crippen LogP contribution >= 0.6 is 0 Å². The number of aromatic carboxylic acids is 1. The first-order chi connectivity index (χ1) is 12.0. The molecule has 5 nitrogen and oxygen atoms in total. The molecule has 0 aliphatic heterocycles. The lowest BCUT2D eigenvalue weighted by atomic mass is 10.1. The van der Waals surface area contributed by atoms with E-state index in [1.165, 1.54) is 0 Å². The maximum Gasteiger partial charge on any atom is 0.358 e. The minimum atomic E-state index is -1.12. The van der Waals surface area contributed by atoms with Gasteiger partial charge in [0.2, 0.25) is 0 Å². The molecule has 0 aliphatic rings. The summed E-state index contributed by atoms with van der Waals surface area (Å²) in [5.41, 5.74) is 1.44. The van der Waals surface area contributed by atoms with Gasteiger partial charge in [0, 0.05) is 5.39 Å². The average molecular weight is 337 g/mol. The zero-order valence-corrected chi connectivity index (χ0v) is 14.1. The smallest absolute Gasteiger partial charge is 0.358 e. The molecule has 0 fully saturated rings. The van der Waals surface area contributed by atoms with Gasteiger partial charge in [-0.2, -0.15) is 0 Å². The van der Waals surface area contributed by atoms with Crippen molar-refractivity contribution in [1.29, 1.82) is 0 Å². The number of ether oxygens (including phenoxy) is 2. The normalized spacial score (nSPS) is 10.8. The minimum absolute atomic E-state index is 0.0532. The first-order valence-electron chi connectivity index (χ1n) is 8.04. The Kier molecular flexibility index (Phi) is 4.84. The second-order valence-corrected chi connectivity index (χ2v) is 5.94. The number of hydrogen-bond acceptors (Lipinski definition) is 4. The van der Waals surface area contributed by atoms with Crippen LogP contribution in [0.5, 0.6) is 11.5 Å². The molecule has 0 bridgehead atoms. The van der Waals surface area contributed by atoms with Crippen LogP contribution in [0.3, 0.4) is 0 Å². The van der Waals surface area contributed by atoms with Gasteiger partial charge in [-0.1, -0.05) is 30.3 Å². The largest absolute Gasteiger partial charge is 0.491 e. The molecule has 1 aromatic heterocycles. The monoisotopic (exact) mass is 337 g/mol. The van der Waals surface area contributed by atoms with Crippen LogP contribution in [0.15, 0.2) is 54.6 Å². The predicted octanol–water partition coefficient (Wildman–Crippen LogP) is 4.30. The molecule has 128 valence electrons. The van der Waals surface area contributed by atoms with Crippen molar-refractivity contribution in [1.82, 2.24) is 4.98 Å². The van der Waals surface area contributed by atoms with Crippen molar-refractivity contribution in [2.45, 2.75) is 26.6 Å². The summed E-state index contributed by atoms with van der Waals surface area (Å²) in [6, 6.07) is 16.6. The fourth-order valence-electron chi connectivity index (χ4n) is 2.48. The third kappa shape index (κ3) is 4.07. The van der Waals surface area contributed by atoms with E-state index in [0.717, 1.165) is 10.9 Å². The highest BCUT2D eigenvalue weighted by Gasteiger charge is 2.16. The van der Waals surface area contributed by atoms with Gasteiger partial charge in [0.15, 0.2) is 11.4 Å². The predicted molar refractivity (Wildman–Crippen MR) is 95.2 cm³/mol. The molecule has 0 atom stereocenters. The van der Waals surface area contributed by atoms with Gasteiger partial charge < -0.3 is 14.6 Å². The van der Waals surface area contributed by atoms with E-state index >= 15 is 0 Å². The van der Waals surface area contributed by atoms with E-state index in [1.807, 2.05) is 50.2 Å². The maximum atomic E-state index is 11.5. The molecule has 0 spiro atoms. The molecule has 0 aliphatic carbocycles. The Morgan fingerprint density at radius 2 is 1.88 bits per heavy atom. The lowest BCUT2D eigenvalue weighted by Crippen LogP contribution is -2.07. The first-order valence-corrected chi connectivity index (χ1v) is 8.04. The molecule has 3 aromatic rings. The van der Waals surface area contributed by atoms with Gasteiger partial charge in [0.05, 0.1) is 11.6 Å². The summed E-state index contributed by atoms with van der Waals surface area (Å²) in [4.78, 5) is 15.7. The Labute approximate surface area is 145 Å². The van der Waals surface area contributed by atoms with Crippen LogP contribution in [0.2, 0.25) is 0 Å². The Balaban J connectivity index is 1.95. The topological polar surface area (TPSA) is 68.7 Å². The lowest BCUT2D eigenvalue weighted by Gasteiger charge is -2.12. The van der Waals surface area contributed by atoms with E-state index in [1.54, 1.807) is 18.2 Å². The van der Waals surface area contributed by atoms with E-state index in [-0.39, 0.29) is 24.2 Å². The summed E-state index contributed by atoms with van der Waals surface area (Å²) in [5.74, 6) is -0.167. The van der Waals surface area contributed by atoms with E-state index in [2.05, 4.69) is 4.98 Å². The van der Waals surface area contributed by atoms with Gasteiger partial charge in [-0.25, -0.2) is 9.78 Å². The molecule has 0 unspecified atom stereocenters. The number of pyridine rings is 1. The van der Waals surface area contributed by atoms with E-state index in [9.17, 15) is 9.90 Å². The molecule has 5 heteroatoms. The fourth-order valence-corrected chi connectivity index (χ4v) is 2.48. The number of nitrogens with zero attached hydrogens (tertiary/aromatic N) is 1. The van der Waals surface area contributed by atoms with Gasteiger partial charge in [0.25, 0.3) is 0 Å². The summed E-state index contributed by atoms with van der Waals surface area (Å²) in [7, 11) is 0. The molecular formula is C20H19NO4. The van der Waals surface area contributed by atoms with Crippen molar-refractivity contribution in [3.63, 3.8) is 0 Å². The third-order valence-electron chi connectivity index (χ3n) is 3.56. The summed E-state index contributed by atoms with van der Waals surface area (Å²) < 4.78 is 11.4. The van der Waals surface area contributed by atoms with Crippen molar-refractivity contribution in [3.8, 4) is 11.5 Å². The highest BCUT2D eigenvalue weighted by atomic mass is 16.5. The van der Waals surface area contributed by atoms with Crippen LogP contribution < -0.4 is 9.47 Å². The zero-order valence-electron chi connectivity index (χ0n) is 14.1. The van der Waals surface area contributed by atoms with Crippen LogP contribution in [0.4, 0.5) is 0 Å². The Hall–Kier alpha value is -3.08. The summed E-state index contributed by atoms with van der Waals surface area (Å²) >= 11 is 0. The van der Waals surface area contributed by atoms with Crippen molar-refractivity contribution in [3.05, 3.63) is 65.9 Å². The SMILES string of the molecule is CC(C)Oc1ccc2nc(C(=O)O)c(OCc3ccccc3)cc2c1. The van der Waals surface area contributed by atoms with E-state index < -0.39 is 5.97 Å². The Morgan fingerprint density at radius 1 is 1.12 bits per heavy atom. The van der Waals surface area contributed by atoms with E-state index in [4.69, 9.17) is 9.47 Å². The molecule has 0 amide bonds. The molecule has 25 heavy (non-hydrogen) atoms. The number of carboxylic acid groups (broad SMARTS) is 1. The first kappa shape index (κ1) is 16.8. The average Bonchev–Trinajstić information content (AvgIpc) is 2.59. The van der Waals surface area contributed by atoms with Crippen LogP contribution in [0.25, 0.3) is 10.9 Å². The van der Waals surface area contributed by atoms with Crippen molar-refractivity contribution >= 4 is 16.9 Å². The van der Waals surface area contributed by atoms with Gasteiger partial charge in [-0.3, -0.25) is 0 Å². The highest BCUT2D eigenvalue weighted by molar-refractivity contribution is 5.93. The van der Waals surface area contributed by atoms with Gasteiger partial charge >= 0.3 is 5.97 Å². The Morgan fingerprint density at radius 3 is 2.56 bits per heavy atom. The molecular weight excluding hydrogens is 318 g/mol. The van der Waals surface area contributed by atoms with Crippen molar-refractivity contribution in [2.75, 3.05) is 0 Å². The molecule has 2 aromatic carbocycles. The van der Waals surface area contributed by atoms with Crippen LogP contribution in [0, 0.1) is 0 Å². The lowest BCUT2D eigenvalue weighted by molar-refractivity contribution is 0.0685. The van der Waals surface area contributed by atoms with Crippen LogP contribution in [-0.2, 0) is 6.61 Å². The number of carbonyl (C=O) groups is 1. The zero-order chi connectivity index (χ0) is 17.8. The number of fused-ring (bicyclic) bond motifs is 1. The molecule has 0 saturated carbocycles.